The van der Waals surface area contributed by atoms with Crippen LogP contribution in [0.15, 0.2) is 36.4 Å². The fraction of sp³-hybridized carbons (Fsp3) is 0.474. The van der Waals surface area contributed by atoms with Crippen molar-refractivity contribution < 1.29 is 4.79 Å². The highest BCUT2D eigenvalue weighted by Crippen LogP contribution is 2.15. The van der Waals surface area contributed by atoms with Crippen LogP contribution >= 0.6 is 0 Å². The van der Waals surface area contributed by atoms with E-state index >= 15 is 0 Å². The van der Waals surface area contributed by atoms with Gasteiger partial charge >= 0.3 is 0 Å². The fourth-order valence-electron chi connectivity index (χ4n) is 2.53. The van der Waals surface area contributed by atoms with Gasteiger partial charge in [0.05, 0.1) is 5.69 Å². The molecule has 0 fully saturated rings. The van der Waals surface area contributed by atoms with E-state index in [-0.39, 0.29) is 11.9 Å². The maximum absolute atomic E-state index is 12.5. The molecule has 0 bridgehead atoms. The van der Waals surface area contributed by atoms with Crippen molar-refractivity contribution in [2.45, 2.75) is 46.2 Å². The van der Waals surface area contributed by atoms with Gasteiger partial charge in [-0.2, -0.15) is 5.10 Å². The van der Waals surface area contributed by atoms with Gasteiger partial charge in [0.15, 0.2) is 0 Å². The third kappa shape index (κ3) is 4.16. The topological polar surface area (TPSA) is 50.2 Å². The summed E-state index contributed by atoms with van der Waals surface area (Å²) < 4.78 is 1.77. The number of hydrogen-bond donors (Lipinski definition) is 1. The molecule has 0 radical (unpaired) electrons. The summed E-state index contributed by atoms with van der Waals surface area (Å²) in [5.74, 6) is 0.247. The van der Waals surface area contributed by atoms with Crippen molar-refractivity contribution in [3.63, 3.8) is 0 Å². The van der Waals surface area contributed by atoms with Gasteiger partial charge in [-0.3, -0.25) is 9.48 Å². The van der Waals surface area contributed by atoms with E-state index < -0.39 is 0 Å². The smallest absolute Gasteiger partial charge is 0.269 e. The number of nitrogens with zero attached hydrogens (tertiary/aromatic N) is 3. The number of nitrogens with one attached hydrogen (secondary N) is 1. The molecule has 24 heavy (non-hydrogen) atoms. The van der Waals surface area contributed by atoms with Crippen LogP contribution in [0.2, 0.25) is 0 Å². The SMILES string of the molecule is CCn1nc(C(C)C)cc1C(=O)NC[C@@H](C)N(C)c1ccccc1. The average Bonchev–Trinajstić information content (AvgIpc) is 3.04. The van der Waals surface area contributed by atoms with Gasteiger partial charge in [-0.25, -0.2) is 0 Å². The van der Waals surface area contributed by atoms with E-state index in [0.717, 1.165) is 11.4 Å². The first-order chi connectivity index (χ1) is 11.4. The number of likely N-dealkylation sites (N-methyl/N-ethyl adjacent to an activating group) is 1. The van der Waals surface area contributed by atoms with Crippen LogP contribution < -0.4 is 10.2 Å². The van der Waals surface area contributed by atoms with Crippen molar-refractivity contribution in [3.05, 3.63) is 47.8 Å². The van der Waals surface area contributed by atoms with Crippen LogP contribution in [0.5, 0.6) is 0 Å². The lowest BCUT2D eigenvalue weighted by molar-refractivity contribution is 0.0941. The second-order valence-corrected chi connectivity index (χ2v) is 6.43. The highest BCUT2D eigenvalue weighted by Gasteiger charge is 2.17. The van der Waals surface area contributed by atoms with E-state index in [1.165, 1.54) is 0 Å². The Morgan fingerprint density at radius 2 is 1.92 bits per heavy atom. The van der Waals surface area contributed by atoms with Crippen LogP contribution in [0.1, 0.15) is 49.8 Å². The van der Waals surface area contributed by atoms with Gasteiger partial charge in [0.25, 0.3) is 5.91 Å². The molecular formula is C19H28N4O. The highest BCUT2D eigenvalue weighted by molar-refractivity contribution is 5.92. The third-order valence-corrected chi connectivity index (χ3v) is 4.31. The molecule has 1 N–H and O–H groups in total. The summed E-state index contributed by atoms with van der Waals surface area (Å²) in [6.45, 7) is 9.54. The molecule has 1 amide bonds. The minimum atomic E-state index is -0.0652. The summed E-state index contributed by atoms with van der Waals surface area (Å²) >= 11 is 0. The normalized spacial score (nSPS) is 12.2. The van der Waals surface area contributed by atoms with Crippen LogP contribution in [0.3, 0.4) is 0 Å². The first-order valence-corrected chi connectivity index (χ1v) is 8.57. The van der Waals surface area contributed by atoms with Crippen molar-refractivity contribution in [1.29, 1.82) is 0 Å². The predicted octanol–water partition coefficient (Wildman–Crippen LogP) is 3.28. The zero-order valence-electron chi connectivity index (χ0n) is 15.3. The second kappa shape index (κ2) is 7.99. The number of amides is 1. The zero-order valence-corrected chi connectivity index (χ0v) is 15.3. The number of rotatable bonds is 7. The van der Waals surface area contributed by atoms with Crippen molar-refractivity contribution in [2.75, 3.05) is 18.5 Å². The van der Waals surface area contributed by atoms with Crippen LogP contribution in [0, 0.1) is 0 Å². The van der Waals surface area contributed by atoms with E-state index in [2.05, 4.69) is 48.2 Å². The minimum absolute atomic E-state index is 0.0652. The molecule has 2 aromatic rings. The number of carbonyl (C=O) groups excluding carboxylic acids is 1. The summed E-state index contributed by atoms with van der Waals surface area (Å²) in [7, 11) is 2.04. The van der Waals surface area contributed by atoms with Gasteiger partial charge in [0.2, 0.25) is 0 Å². The molecule has 0 aliphatic rings. The summed E-state index contributed by atoms with van der Waals surface area (Å²) in [4.78, 5) is 14.7. The van der Waals surface area contributed by atoms with Crippen molar-refractivity contribution in [3.8, 4) is 0 Å². The van der Waals surface area contributed by atoms with E-state index in [9.17, 15) is 4.79 Å². The zero-order chi connectivity index (χ0) is 17.7. The Morgan fingerprint density at radius 3 is 2.50 bits per heavy atom. The Hall–Kier alpha value is -2.30. The largest absolute Gasteiger partial charge is 0.370 e. The summed E-state index contributed by atoms with van der Waals surface area (Å²) in [6.07, 6.45) is 0. The molecule has 5 heteroatoms. The lowest BCUT2D eigenvalue weighted by Crippen LogP contribution is -2.40. The molecule has 0 saturated heterocycles. The van der Waals surface area contributed by atoms with Crippen LogP contribution in [-0.2, 0) is 6.54 Å². The molecule has 0 unspecified atom stereocenters. The third-order valence-electron chi connectivity index (χ3n) is 4.31. The number of carbonyl (C=O) groups is 1. The minimum Gasteiger partial charge on any atom is -0.370 e. The highest BCUT2D eigenvalue weighted by atomic mass is 16.2. The van der Waals surface area contributed by atoms with E-state index in [0.29, 0.717) is 24.7 Å². The molecule has 0 spiro atoms. The Kier molecular flexibility index (Phi) is 6.01. The first kappa shape index (κ1) is 18.0. The van der Waals surface area contributed by atoms with E-state index in [1.807, 2.05) is 38.2 Å². The molecule has 1 aromatic carbocycles. The Bertz CT molecular complexity index is 663. The number of anilines is 1. The number of para-hydroxylation sites is 1. The first-order valence-electron chi connectivity index (χ1n) is 8.57. The van der Waals surface area contributed by atoms with Crippen LogP contribution in [0.4, 0.5) is 5.69 Å². The molecular weight excluding hydrogens is 300 g/mol. The number of aryl methyl sites for hydroxylation is 1. The Labute approximate surface area is 144 Å². The van der Waals surface area contributed by atoms with Gasteiger partial charge in [0.1, 0.15) is 5.69 Å². The lowest BCUT2D eigenvalue weighted by atomic mass is 10.1. The summed E-state index contributed by atoms with van der Waals surface area (Å²) in [6, 6.07) is 12.3. The number of aromatic nitrogens is 2. The number of hydrogen-bond acceptors (Lipinski definition) is 3. The van der Waals surface area contributed by atoms with Crippen LogP contribution in [0.25, 0.3) is 0 Å². The second-order valence-electron chi connectivity index (χ2n) is 6.43. The molecule has 1 aromatic heterocycles. The standard InChI is InChI=1S/C19H28N4O/c1-6-23-18(12-17(21-23)14(2)3)19(24)20-13-15(4)22(5)16-10-8-7-9-11-16/h7-12,14-15H,6,13H2,1-5H3,(H,20,24)/t15-/m1/s1. The van der Waals surface area contributed by atoms with Crippen molar-refractivity contribution in [1.82, 2.24) is 15.1 Å². The van der Waals surface area contributed by atoms with Gasteiger partial charge in [-0.15, -0.1) is 0 Å². The van der Waals surface area contributed by atoms with E-state index in [4.69, 9.17) is 0 Å². The monoisotopic (exact) mass is 328 g/mol. The fourth-order valence-corrected chi connectivity index (χ4v) is 2.53. The summed E-state index contributed by atoms with van der Waals surface area (Å²) in [5.41, 5.74) is 2.73. The maximum Gasteiger partial charge on any atom is 0.269 e. The van der Waals surface area contributed by atoms with Gasteiger partial charge in [0, 0.05) is 31.9 Å². The average molecular weight is 328 g/mol. The summed E-state index contributed by atoms with van der Waals surface area (Å²) in [5, 5.41) is 7.54. The van der Waals surface area contributed by atoms with Gasteiger partial charge in [-0.1, -0.05) is 32.0 Å². The van der Waals surface area contributed by atoms with Crippen LogP contribution in [-0.4, -0.2) is 35.3 Å². The number of benzene rings is 1. The molecule has 1 atom stereocenters. The molecule has 0 saturated carbocycles. The Morgan fingerprint density at radius 1 is 1.25 bits per heavy atom. The predicted molar refractivity (Wildman–Crippen MR) is 98.6 cm³/mol. The molecule has 5 nitrogen and oxygen atoms in total. The molecule has 1 heterocycles. The quantitative estimate of drug-likeness (QED) is 0.848. The molecule has 0 aliphatic heterocycles. The molecule has 130 valence electrons. The maximum atomic E-state index is 12.5. The molecule has 0 aliphatic carbocycles. The van der Waals surface area contributed by atoms with Gasteiger partial charge in [-0.05, 0) is 38.0 Å². The van der Waals surface area contributed by atoms with Gasteiger partial charge < -0.3 is 10.2 Å². The Balaban J connectivity index is 2.00. The lowest BCUT2D eigenvalue weighted by Gasteiger charge is -2.27. The molecule has 2 rings (SSSR count). The van der Waals surface area contributed by atoms with Crippen molar-refractivity contribution >= 4 is 11.6 Å². The van der Waals surface area contributed by atoms with Crippen molar-refractivity contribution in [2.24, 2.45) is 0 Å². The van der Waals surface area contributed by atoms with E-state index in [1.54, 1.807) is 4.68 Å².